The summed E-state index contributed by atoms with van der Waals surface area (Å²) in [6.07, 6.45) is 3.67. The molecule has 1 N–H and O–H groups in total. The van der Waals surface area contributed by atoms with Gasteiger partial charge < -0.3 is 10.0 Å². The number of rotatable bonds is 2. The molecule has 1 aliphatic carbocycles. The molecule has 74 valence electrons. The molecule has 13 heavy (non-hydrogen) atoms. The van der Waals surface area contributed by atoms with E-state index >= 15 is 0 Å². The predicted octanol–water partition coefficient (Wildman–Crippen LogP) is 0.897. The highest BCUT2D eigenvalue weighted by atomic mass is 79.9. The summed E-state index contributed by atoms with van der Waals surface area (Å²) >= 11 is 3.32. The number of carbonyl (C=O) groups is 1. The van der Waals surface area contributed by atoms with Crippen molar-refractivity contribution in [1.82, 2.24) is 4.90 Å². The average molecular weight is 248 g/mol. The molecule has 1 amide bonds. The summed E-state index contributed by atoms with van der Waals surface area (Å²) in [4.78, 5) is 13.2. The quantitative estimate of drug-likeness (QED) is 0.737. The highest BCUT2D eigenvalue weighted by Crippen LogP contribution is 2.33. The van der Waals surface area contributed by atoms with E-state index in [9.17, 15) is 9.90 Å². The van der Waals surface area contributed by atoms with Crippen molar-refractivity contribution in [2.75, 3.05) is 13.1 Å². The van der Waals surface area contributed by atoms with Gasteiger partial charge in [-0.15, -0.1) is 0 Å². The van der Waals surface area contributed by atoms with E-state index < -0.39 is 5.60 Å². The Balaban J connectivity index is 1.92. The molecule has 2 fully saturated rings. The van der Waals surface area contributed by atoms with Gasteiger partial charge in [0.1, 0.15) is 0 Å². The second kappa shape index (κ2) is 3.24. The SMILES string of the molecule is O=C1C(Br)CCN1CC1(O)CCC1. The third-order valence-corrected chi connectivity index (χ3v) is 3.85. The monoisotopic (exact) mass is 247 g/mol. The van der Waals surface area contributed by atoms with Crippen molar-refractivity contribution < 1.29 is 9.90 Å². The minimum Gasteiger partial charge on any atom is -0.388 e. The van der Waals surface area contributed by atoms with Crippen LogP contribution in [0.15, 0.2) is 0 Å². The van der Waals surface area contributed by atoms with Crippen LogP contribution in [-0.4, -0.2) is 39.4 Å². The Kier molecular flexibility index (Phi) is 2.36. The van der Waals surface area contributed by atoms with Crippen LogP contribution in [0, 0.1) is 0 Å². The lowest BCUT2D eigenvalue weighted by Crippen LogP contribution is -2.48. The molecule has 1 unspecified atom stereocenters. The van der Waals surface area contributed by atoms with Crippen LogP contribution >= 0.6 is 15.9 Å². The van der Waals surface area contributed by atoms with Crippen LogP contribution in [0.3, 0.4) is 0 Å². The standard InChI is InChI=1S/C9H14BrNO2/c10-7-2-5-11(8(7)12)6-9(13)3-1-4-9/h7,13H,1-6H2. The Labute approximate surface area is 86.2 Å². The maximum Gasteiger partial charge on any atom is 0.236 e. The summed E-state index contributed by atoms with van der Waals surface area (Å²) in [6, 6.07) is 0. The minimum absolute atomic E-state index is 0.0174. The predicted molar refractivity (Wildman–Crippen MR) is 52.7 cm³/mol. The van der Waals surface area contributed by atoms with Gasteiger partial charge in [-0.25, -0.2) is 0 Å². The third kappa shape index (κ3) is 1.74. The summed E-state index contributed by atoms with van der Waals surface area (Å²) < 4.78 is 0. The van der Waals surface area contributed by atoms with E-state index in [4.69, 9.17) is 0 Å². The number of hydrogen-bond donors (Lipinski definition) is 1. The van der Waals surface area contributed by atoms with Crippen molar-refractivity contribution in [2.24, 2.45) is 0 Å². The second-order valence-corrected chi connectivity index (χ2v) is 5.20. The first-order valence-corrected chi connectivity index (χ1v) is 5.68. The molecule has 0 aromatic rings. The fourth-order valence-electron chi connectivity index (χ4n) is 1.96. The van der Waals surface area contributed by atoms with Gasteiger partial charge in [-0.2, -0.15) is 0 Å². The lowest BCUT2D eigenvalue weighted by molar-refractivity contribution is -0.133. The van der Waals surface area contributed by atoms with Gasteiger partial charge in [-0.3, -0.25) is 4.79 Å². The Hall–Kier alpha value is -0.0900. The normalized spacial score (nSPS) is 32.0. The number of carbonyl (C=O) groups excluding carboxylic acids is 1. The van der Waals surface area contributed by atoms with E-state index in [1.54, 1.807) is 4.90 Å². The first-order chi connectivity index (χ1) is 6.11. The van der Waals surface area contributed by atoms with E-state index in [0.29, 0.717) is 6.54 Å². The molecule has 1 heterocycles. The molecule has 0 aromatic heterocycles. The summed E-state index contributed by atoms with van der Waals surface area (Å²) in [5.74, 6) is 0.139. The molecule has 1 atom stereocenters. The Morgan fingerprint density at radius 2 is 2.31 bits per heavy atom. The van der Waals surface area contributed by atoms with Gasteiger partial charge in [0, 0.05) is 13.1 Å². The summed E-state index contributed by atoms with van der Waals surface area (Å²) in [7, 11) is 0. The van der Waals surface area contributed by atoms with Gasteiger partial charge in [0.2, 0.25) is 5.91 Å². The lowest BCUT2D eigenvalue weighted by Gasteiger charge is -2.39. The van der Waals surface area contributed by atoms with Gasteiger partial charge in [-0.05, 0) is 25.7 Å². The summed E-state index contributed by atoms with van der Waals surface area (Å²) in [5, 5.41) is 9.87. The Morgan fingerprint density at radius 1 is 1.62 bits per heavy atom. The van der Waals surface area contributed by atoms with Crippen molar-refractivity contribution in [1.29, 1.82) is 0 Å². The second-order valence-electron chi connectivity index (χ2n) is 4.09. The first-order valence-electron chi connectivity index (χ1n) is 4.76. The van der Waals surface area contributed by atoms with Gasteiger partial charge >= 0.3 is 0 Å². The Morgan fingerprint density at radius 3 is 2.69 bits per heavy atom. The van der Waals surface area contributed by atoms with E-state index in [0.717, 1.165) is 32.2 Å². The number of β-amino-alcohol motifs (C(OH)–C–C–N with tert-alkyl or cyclic N) is 1. The molecule has 1 saturated carbocycles. The topological polar surface area (TPSA) is 40.5 Å². The number of halogens is 1. The minimum atomic E-state index is -0.563. The fourth-order valence-corrected chi connectivity index (χ4v) is 2.45. The van der Waals surface area contributed by atoms with Crippen molar-refractivity contribution in [3.8, 4) is 0 Å². The smallest absolute Gasteiger partial charge is 0.236 e. The fraction of sp³-hybridized carbons (Fsp3) is 0.889. The number of nitrogens with zero attached hydrogens (tertiary/aromatic N) is 1. The van der Waals surface area contributed by atoms with Crippen LogP contribution in [0.4, 0.5) is 0 Å². The van der Waals surface area contributed by atoms with Crippen molar-refractivity contribution in [3.05, 3.63) is 0 Å². The number of amides is 1. The molecule has 0 radical (unpaired) electrons. The largest absolute Gasteiger partial charge is 0.388 e. The van der Waals surface area contributed by atoms with E-state index in [2.05, 4.69) is 15.9 Å². The van der Waals surface area contributed by atoms with Crippen LogP contribution in [0.5, 0.6) is 0 Å². The number of hydrogen-bond acceptors (Lipinski definition) is 2. The van der Waals surface area contributed by atoms with Crippen LogP contribution in [0.2, 0.25) is 0 Å². The van der Waals surface area contributed by atoms with Crippen molar-refractivity contribution in [2.45, 2.75) is 36.1 Å². The molecule has 1 saturated heterocycles. The van der Waals surface area contributed by atoms with E-state index in [1.165, 1.54) is 0 Å². The van der Waals surface area contributed by atoms with Crippen LogP contribution in [0.1, 0.15) is 25.7 Å². The lowest BCUT2D eigenvalue weighted by atomic mass is 9.80. The zero-order valence-electron chi connectivity index (χ0n) is 7.50. The van der Waals surface area contributed by atoms with E-state index in [-0.39, 0.29) is 10.7 Å². The van der Waals surface area contributed by atoms with Crippen LogP contribution in [0.25, 0.3) is 0 Å². The molecule has 2 aliphatic rings. The molecule has 1 aliphatic heterocycles. The molecular formula is C9H14BrNO2. The van der Waals surface area contributed by atoms with Gasteiger partial charge in [0.15, 0.2) is 0 Å². The molecule has 4 heteroatoms. The number of aliphatic hydroxyl groups is 1. The zero-order chi connectivity index (χ0) is 9.47. The van der Waals surface area contributed by atoms with Gasteiger partial charge in [0.25, 0.3) is 0 Å². The average Bonchev–Trinajstić information content (AvgIpc) is 2.33. The van der Waals surface area contributed by atoms with Crippen molar-refractivity contribution in [3.63, 3.8) is 0 Å². The molecule has 0 bridgehead atoms. The maximum atomic E-state index is 11.5. The summed E-state index contributed by atoms with van der Waals surface area (Å²) in [6.45, 7) is 1.32. The molecular weight excluding hydrogens is 234 g/mol. The number of alkyl halides is 1. The highest BCUT2D eigenvalue weighted by molar-refractivity contribution is 9.10. The Bertz CT molecular complexity index is 228. The highest BCUT2D eigenvalue weighted by Gasteiger charge is 2.40. The molecule has 0 aromatic carbocycles. The van der Waals surface area contributed by atoms with Crippen LogP contribution in [-0.2, 0) is 4.79 Å². The van der Waals surface area contributed by atoms with Crippen molar-refractivity contribution >= 4 is 21.8 Å². The van der Waals surface area contributed by atoms with E-state index in [1.807, 2.05) is 0 Å². The zero-order valence-corrected chi connectivity index (χ0v) is 9.09. The summed E-state index contributed by atoms with van der Waals surface area (Å²) in [5.41, 5.74) is -0.563. The molecule has 0 spiro atoms. The maximum absolute atomic E-state index is 11.5. The molecule has 2 rings (SSSR count). The van der Waals surface area contributed by atoms with Crippen LogP contribution < -0.4 is 0 Å². The van der Waals surface area contributed by atoms with Gasteiger partial charge in [-0.1, -0.05) is 15.9 Å². The van der Waals surface area contributed by atoms with Gasteiger partial charge in [0.05, 0.1) is 10.4 Å². The number of likely N-dealkylation sites (tertiary alicyclic amines) is 1. The third-order valence-electron chi connectivity index (χ3n) is 3.00. The first kappa shape index (κ1) is 9.46. The molecule has 3 nitrogen and oxygen atoms in total.